The fourth-order valence-corrected chi connectivity index (χ4v) is 3.76. The van der Waals surface area contributed by atoms with Crippen LogP contribution in [-0.4, -0.2) is 55.5 Å². The zero-order chi connectivity index (χ0) is 24.1. The van der Waals surface area contributed by atoms with Crippen molar-refractivity contribution in [1.29, 1.82) is 0 Å². The molecule has 0 bridgehead atoms. The SMILES string of the molecule is COC(=O)c1cc(OCCC(=O)OC(C)(C)C)cc2c1nc(C)n2COCC[Si](C)(C)C. The Morgan fingerprint density at radius 2 is 1.81 bits per heavy atom. The first-order valence-corrected chi connectivity index (χ1v) is 14.5. The van der Waals surface area contributed by atoms with Crippen molar-refractivity contribution in [2.75, 3.05) is 20.3 Å². The summed E-state index contributed by atoms with van der Waals surface area (Å²) < 4.78 is 23.8. The number of methoxy groups -OCH3 is 1. The first-order valence-electron chi connectivity index (χ1n) is 10.8. The molecular weight excluding hydrogens is 428 g/mol. The minimum atomic E-state index is -1.19. The van der Waals surface area contributed by atoms with E-state index in [1.807, 2.05) is 32.3 Å². The second-order valence-electron chi connectivity index (χ2n) is 9.95. The van der Waals surface area contributed by atoms with Gasteiger partial charge in [-0.05, 0) is 39.8 Å². The van der Waals surface area contributed by atoms with Gasteiger partial charge in [0.25, 0.3) is 0 Å². The summed E-state index contributed by atoms with van der Waals surface area (Å²) in [5.41, 5.74) is 1.00. The van der Waals surface area contributed by atoms with E-state index in [1.165, 1.54) is 7.11 Å². The van der Waals surface area contributed by atoms with Crippen LogP contribution in [0.1, 0.15) is 43.4 Å². The fraction of sp³-hybridized carbons (Fsp3) is 0.609. The number of aryl methyl sites for hydroxylation is 1. The molecule has 2 aromatic rings. The molecule has 32 heavy (non-hydrogen) atoms. The van der Waals surface area contributed by atoms with Crippen LogP contribution < -0.4 is 4.74 Å². The molecule has 0 spiro atoms. The van der Waals surface area contributed by atoms with Gasteiger partial charge in [0.15, 0.2) is 0 Å². The lowest BCUT2D eigenvalue weighted by atomic mass is 10.1. The van der Waals surface area contributed by atoms with Gasteiger partial charge in [-0.25, -0.2) is 9.78 Å². The number of aromatic nitrogens is 2. The van der Waals surface area contributed by atoms with E-state index in [-0.39, 0.29) is 19.0 Å². The zero-order valence-corrected chi connectivity index (χ0v) is 21.5. The summed E-state index contributed by atoms with van der Waals surface area (Å²) >= 11 is 0. The molecular formula is C23H36N2O6Si. The maximum Gasteiger partial charge on any atom is 0.340 e. The van der Waals surface area contributed by atoms with Crippen LogP contribution in [0.25, 0.3) is 11.0 Å². The van der Waals surface area contributed by atoms with Crippen molar-refractivity contribution in [2.45, 2.75) is 72.1 Å². The first-order chi connectivity index (χ1) is 14.8. The van der Waals surface area contributed by atoms with Crippen LogP contribution in [-0.2, 0) is 25.7 Å². The molecule has 0 aliphatic heterocycles. The van der Waals surface area contributed by atoms with E-state index >= 15 is 0 Å². The summed E-state index contributed by atoms with van der Waals surface area (Å²) in [5.74, 6) is 0.328. The fourth-order valence-electron chi connectivity index (χ4n) is 3.00. The number of hydrogen-bond acceptors (Lipinski definition) is 7. The Bertz CT molecular complexity index is 956. The van der Waals surface area contributed by atoms with Crippen molar-refractivity contribution in [2.24, 2.45) is 0 Å². The molecule has 0 aliphatic carbocycles. The molecule has 0 saturated carbocycles. The Labute approximate surface area is 191 Å². The molecule has 1 aromatic heterocycles. The van der Waals surface area contributed by atoms with Gasteiger partial charge >= 0.3 is 11.9 Å². The molecule has 8 nitrogen and oxygen atoms in total. The van der Waals surface area contributed by atoms with E-state index in [4.69, 9.17) is 18.9 Å². The Hall–Kier alpha value is -2.39. The van der Waals surface area contributed by atoms with Gasteiger partial charge in [-0.3, -0.25) is 4.79 Å². The standard InChI is InChI=1S/C23H36N2O6Si/c1-16-24-21-18(22(27)28-5)13-17(30-10-9-20(26)31-23(2,3)4)14-19(21)25(16)15-29-11-12-32(6,7)8/h13-14H,9-12,15H2,1-8H3. The summed E-state index contributed by atoms with van der Waals surface area (Å²) in [6, 6.07) is 4.45. The van der Waals surface area contributed by atoms with Gasteiger partial charge in [-0.15, -0.1) is 0 Å². The lowest BCUT2D eigenvalue weighted by Gasteiger charge is -2.19. The van der Waals surface area contributed by atoms with E-state index in [9.17, 15) is 9.59 Å². The van der Waals surface area contributed by atoms with Crippen LogP contribution in [0.2, 0.25) is 25.7 Å². The van der Waals surface area contributed by atoms with Gasteiger partial charge in [0.1, 0.15) is 29.4 Å². The Morgan fingerprint density at radius 3 is 2.41 bits per heavy atom. The number of carbonyl (C=O) groups excluding carboxylic acids is 2. The van der Waals surface area contributed by atoms with Crippen molar-refractivity contribution in [3.05, 3.63) is 23.5 Å². The number of rotatable bonds is 10. The maximum atomic E-state index is 12.4. The van der Waals surface area contributed by atoms with Crippen LogP contribution >= 0.6 is 0 Å². The molecule has 0 radical (unpaired) electrons. The predicted molar refractivity (Wildman–Crippen MR) is 126 cm³/mol. The zero-order valence-electron chi connectivity index (χ0n) is 20.5. The number of carbonyl (C=O) groups is 2. The van der Waals surface area contributed by atoms with E-state index in [1.54, 1.807) is 12.1 Å². The van der Waals surface area contributed by atoms with Gasteiger partial charge in [-0.2, -0.15) is 0 Å². The monoisotopic (exact) mass is 464 g/mol. The highest BCUT2D eigenvalue weighted by atomic mass is 28.3. The highest BCUT2D eigenvalue weighted by Crippen LogP contribution is 2.27. The maximum absolute atomic E-state index is 12.4. The van der Waals surface area contributed by atoms with Gasteiger partial charge in [0.05, 0.1) is 31.2 Å². The summed E-state index contributed by atoms with van der Waals surface area (Å²) in [4.78, 5) is 28.9. The number of imidazole rings is 1. The molecule has 0 aliphatic rings. The summed E-state index contributed by atoms with van der Waals surface area (Å²) in [7, 11) is 0.134. The van der Waals surface area contributed by atoms with Crippen LogP contribution in [0.3, 0.4) is 0 Å². The molecule has 1 heterocycles. The summed E-state index contributed by atoms with van der Waals surface area (Å²) in [6.45, 7) is 15.4. The van der Waals surface area contributed by atoms with Crippen LogP contribution in [0, 0.1) is 6.92 Å². The second-order valence-corrected chi connectivity index (χ2v) is 15.6. The smallest absolute Gasteiger partial charge is 0.340 e. The van der Waals surface area contributed by atoms with E-state index < -0.39 is 19.6 Å². The van der Waals surface area contributed by atoms with Crippen LogP contribution in [0.15, 0.2) is 12.1 Å². The van der Waals surface area contributed by atoms with Gasteiger partial charge in [0, 0.05) is 20.7 Å². The molecule has 0 amide bonds. The third kappa shape index (κ3) is 7.63. The molecule has 0 unspecified atom stereocenters. The van der Waals surface area contributed by atoms with E-state index in [2.05, 4.69) is 24.6 Å². The Morgan fingerprint density at radius 1 is 1.12 bits per heavy atom. The number of fused-ring (bicyclic) bond motifs is 1. The van der Waals surface area contributed by atoms with Crippen molar-refractivity contribution in [1.82, 2.24) is 9.55 Å². The Balaban J connectivity index is 2.23. The molecule has 9 heteroatoms. The minimum absolute atomic E-state index is 0.0982. The van der Waals surface area contributed by atoms with Crippen molar-refractivity contribution >= 4 is 31.0 Å². The highest BCUT2D eigenvalue weighted by molar-refractivity contribution is 6.76. The number of esters is 2. The second kappa shape index (κ2) is 10.5. The molecule has 178 valence electrons. The first kappa shape index (κ1) is 25.9. The number of hydrogen-bond donors (Lipinski definition) is 0. The van der Waals surface area contributed by atoms with E-state index in [0.29, 0.717) is 35.7 Å². The average molecular weight is 465 g/mol. The normalized spacial score (nSPS) is 12.1. The molecule has 0 saturated heterocycles. The van der Waals surface area contributed by atoms with Gasteiger partial charge < -0.3 is 23.5 Å². The van der Waals surface area contributed by atoms with Gasteiger partial charge in [-0.1, -0.05) is 19.6 Å². The van der Waals surface area contributed by atoms with Crippen LogP contribution in [0.5, 0.6) is 5.75 Å². The predicted octanol–water partition coefficient (Wildman–Crippen LogP) is 4.55. The molecule has 2 rings (SSSR count). The Kier molecular flexibility index (Phi) is 8.47. The number of nitrogens with zero attached hydrogens (tertiary/aromatic N) is 2. The molecule has 0 fully saturated rings. The quantitative estimate of drug-likeness (QED) is 0.289. The number of benzene rings is 1. The molecule has 0 N–H and O–H groups in total. The summed E-state index contributed by atoms with van der Waals surface area (Å²) in [6.07, 6.45) is 0.0982. The summed E-state index contributed by atoms with van der Waals surface area (Å²) in [5, 5.41) is 0. The van der Waals surface area contributed by atoms with E-state index in [0.717, 1.165) is 11.9 Å². The van der Waals surface area contributed by atoms with Crippen molar-refractivity contribution in [3.63, 3.8) is 0 Å². The van der Waals surface area contributed by atoms with Crippen molar-refractivity contribution in [3.8, 4) is 5.75 Å². The largest absolute Gasteiger partial charge is 0.493 e. The highest BCUT2D eigenvalue weighted by Gasteiger charge is 2.20. The lowest BCUT2D eigenvalue weighted by molar-refractivity contribution is -0.155. The molecule has 0 atom stereocenters. The van der Waals surface area contributed by atoms with Crippen LogP contribution in [0.4, 0.5) is 0 Å². The topological polar surface area (TPSA) is 88.9 Å². The lowest BCUT2D eigenvalue weighted by Crippen LogP contribution is -2.24. The molecule has 1 aromatic carbocycles. The van der Waals surface area contributed by atoms with Gasteiger partial charge in [0.2, 0.25) is 0 Å². The minimum Gasteiger partial charge on any atom is -0.493 e. The third-order valence-electron chi connectivity index (χ3n) is 4.64. The average Bonchev–Trinajstić information content (AvgIpc) is 2.97. The third-order valence-corrected chi connectivity index (χ3v) is 6.34. The number of ether oxygens (including phenoxy) is 4. The van der Waals surface area contributed by atoms with Crippen molar-refractivity contribution < 1.29 is 28.5 Å².